The third-order valence-electron chi connectivity index (χ3n) is 1.85. The van der Waals surface area contributed by atoms with Crippen LogP contribution in [0, 0.1) is 0 Å². The number of hydrogen-bond acceptors (Lipinski definition) is 6. The van der Waals surface area contributed by atoms with Crippen molar-refractivity contribution in [2.45, 2.75) is 52.1 Å². The number of aliphatic hydroxyl groups excluding tert-OH is 3. The molecule has 4 N–H and O–H groups in total. The minimum absolute atomic E-state index is 0.0170. The van der Waals surface area contributed by atoms with Crippen molar-refractivity contribution in [3.8, 4) is 0 Å². The average molecular weight is 282 g/mol. The molecule has 4 unspecified atom stereocenters. The highest BCUT2D eigenvalue weighted by Gasteiger charge is 2.07. The van der Waals surface area contributed by atoms with E-state index in [4.69, 9.17) is 29.9 Å². The first-order chi connectivity index (χ1) is 8.70. The summed E-state index contributed by atoms with van der Waals surface area (Å²) in [5.41, 5.74) is 0. The Morgan fingerprint density at radius 2 is 1.42 bits per heavy atom. The van der Waals surface area contributed by atoms with E-state index in [-0.39, 0.29) is 18.8 Å². The summed E-state index contributed by atoms with van der Waals surface area (Å²) in [6.45, 7) is 7.30. The highest BCUT2D eigenvalue weighted by atomic mass is 16.5. The second-order valence-corrected chi connectivity index (χ2v) is 4.33. The van der Waals surface area contributed by atoms with E-state index in [1.54, 1.807) is 13.8 Å². The summed E-state index contributed by atoms with van der Waals surface area (Å²) in [5, 5.41) is 33.3. The Hall–Kier alpha value is -0.730. The van der Waals surface area contributed by atoms with Gasteiger partial charge in [-0.25, -0.2) is 4.79 Å². The van der Waals surface area contributed by atoms with Gasteiger partial charge in [0.05, 0.1) is 38.1 Å². The van der Waals surface area contributed by atoms with Gasteiger partial charge in [0.2, 0.25) is 0 Å². The number of ether oxygens (including phenoxy) is 2. The standard InChI is InChI=1S/C9H20O4.C3H6O3/c1-7(11)5-12-9(3)6-13-8(2)4-10;1-2(4)3(5)6/h7-11H,4-6H2,1-3H3;2,4H,1H3,(H,5,6). The summed E-state index contributed by atoms with van der Waals surface area (Å²) in [7, 11) is 0. The number of carboxylic acid groups (broad SMARTS) is 1. The van der Waals surface area contributed by atoms with E-state index in [9.17, 15) is 4.79 Å². The maximum absolute atomic E-state index is 9.45. The fourth-order valence-electron chi connectivity index (χ4n) is 0.704. The molecule has 0 aromatic carbocycles. The molecule has 4 atom stereocenters. The lowest BCUT2D eigenvalue weighted by molar-refractivity contribution is -0.145. The lowest BCUT2D eigenvalue weighted by Crippen LogP contribution is -2.24. The van der Waals surface area contributed by atoms with Gasteiger partial charge < -0.3 is 29.9 Å². The largest absolute Gasteiger partial charge is 0.479 e. The molecule has 0 aliphatic heterocycles. The van der Waals surface area contributed by atoms with Crippen LogP contribution < -0.4 is 0 Å². The van der Waals surface area contributed by atoms with Crippen LogP contribution in [0.25, 0.3) is 0 Å². The third-order valence-corrected chi connectivity index (χ3v) is 1.85. The number of hydrogen-bond donors (Lipinski definition) is 4. The van der Waals surface area contributed by atoms with Gasteiger partial charge in [-0.05, 0) is 27.7 Å². The average Bonchev–Trinajstić information content (AvgIpc) is 2.33. The molecule has 0 radical (unpaired) electrons. The predicted molar refractivity (Wildman–Crippen MR) is 68.9 cm³/mol. The molecule has 0 aromatic rings. The summed E-state index contributed by atoms with van der Waals surface area (Å²) in [6, 6.07) is 0. The van der Waals surface area contributed by atoms with Crippen molar-refractivity contribution >= 4 is 5.97 Å². The molecule has 0 amide bonds. The van der Waals surface area contributed by atoms with Crippen LogP contribution >= 0.6 is 0 Å². The van der Waals surface area contributed by atoms with Gasteiger partial charge in [0.1, 0.15) is 6.10 Å². The maximum atomic E-state index is 9.45. The maximum Gasteiger partial charge on any atom is 0.332 e. The van der Waals surface area contributed by atoms with Crippen LogP contribution in [0.3, 0.4) is 0 Å². The molecule has 7 nitrogen and oxygen atoms in total. The molecule has 0 saturated heterocycles. The normalized spacial score (nSPS) is 16.8. The van der Waals surface area contributed by atoms with E-state index in [1.807, 2.05) is 6.92 Å². The first kappa shape index (κ1) is 20.6. The van der Waals surface area contributed by atoms with Crippen molar-refractivity contribution < 1.29 is 34.7 Å². The SMILES string of the molecule is CC(O)C(=O)O.CC(O)COC(C)COC(C)CO. The molecular formula is C12H26O7. The zero-order valence-electron chi connectivity index (χ0n) is 11.9. The molecule has 0 aromatic heterocycles. The van der Waals surface area contributed by atoms with E-state index in [0.29, 0.717) is 13.2 Å². The highest BCUT2D eigenvalue weighted by molar-refractivity contribution is 5.71. The monoisotopic (exact) mass is 282 g/mol. The second-order valence-electron chi connectivity index (χ2n) is 4.33. The summed E-state index contributed by atoms with van der Waals surface area (Å²) in [6.07, 6.45) is -1.89. The lowest BCUT2D eigenvalue weighted by Gasteiger charge is -2.16. The summed E-state index contributed by atoms with van der Waals surface area (Å²) in [5.74, 6) is -1.19. The van der Waals surface area contributed by atoms with Crippen LogP contribution in [-0.2, 0) is 14.3 Å². The third kappa shape index (κ3) is 17.3. The zero-order chi connectivity index (χ0) is 15.4. The molecule has 0 aliphatic rings. The van der Waals surface area contributed by atoms with Crippen molar-refractivity contribution in [2.75, 3.05) is 19.8 Å². The fraction of sp³-hybridized carbons (Fsp3) is 0.917. The van der Waals surface area contributed by atoms with Crippen molar-refractivity contribution in [2.24, 2.45) is 0 Å². The zero-order valence-corrected chi connectivity index (χ0v) is 11.9. The molecule has 0 fully saturated rings. The van der Waals surface area contributed by atoms with Gasteiger partial charge in [-0.15, -0.1) is 0 Å². The summed E-state index contributed by atoms with van der Waals surface area (Å²) >= 11 is 0. The summed E-state index contributed by atoms with van der Waals surface area (Å²) < 4.78 is 10.5. The molecule has 0 spiro atoms. The molecule has 0 aliphatic carbocycles. The molecule has 7 heteroatoms. The van der Waals surface area contributed by atoms with Crippen LogP contribution in [0.2, 0.25) is 0 Å². The Morgan fingerprint density at radius 1 is 1.00 bits per heavy atom. The van der Waals surface area contributed by atoms with E-state index < -0.39 is 18.2 Å². The molecular weight excluding hydrogens is 256 g/mol. The molecule has 116 valence electrons. The Labute approximate surface area is 113 Å². The van der Waals surface area contributed by atoms with Crippen LogP contribution in [0.4, 0.5) is 0 Å². The van der Waals surface area contributed by atoms with Gasteiger partial charge in [0.15, 0.2) is 0 Å². The van der Waals surface area contributed by atoms with E-state index >= 15 is 0 Å². The Balaban J connectivity index is 0. The fourth-order valence-corrected chi connectivity index (χ4v) is 0.704. The number of carboxylic acids is 1. The molecule has 0 saturated carbocycles. The number of carbonyl (C=O) groups is 1. The minimum atomic E-state index is -1.23. The first-order valence-corrected chi connectivity index (χ1v) is 6.13. The smallest absolute Gasteiger partial charge is 0.332 e. The van der Waals surface area contributed by atoms with Gasteiger partial charge in [0, 0.05) is 0 Å². The predicted octanol–water partition coefficient (Wildman–Crippen LogP) is -0.378. The first-order valence-electron chi connectivity index (χ1n) is 6.13. The van der Waals surface area contributed by atoms with E-state index in [2.05, 4.69) is 0 Å². The minimum Gasteiger partial charge on any atom is -0.479 e. The summed E-state index contributed by atoms with van der Waals surface area (Å²) in [4.78, 5) is 9.45. The van der Waals surface area contributed by atoms with Crippen molar-refractivity contribution in [1.29, 1.82) is 0 Å². The Kier molecular flexibility index (Phi) is 13.3. The van der Waals surface area contributed by atoms with Crippen molar-refractivity contribution in [1.82, 2.24) is 0 Å². The quantitative estimate of drug-likeness (QED) is 0.479. The van der Waals surface area contributed by atoms with Gasteiger partial charge in [-0.1, -0.05) is 0 Å². The van der Waals surface area contributed by atoms with Crippen LogP contribution in [-0.4, -0.2) is 70.6 Å². The van der Waals surface area contributed by atoms with Crippen molar-refractivity contribution in [3.05, 3.63) is 0 Å². The highest BCUT2D eigenvalue weighted by Crippen LogP contribution is 1.97. The van der Waals surface area contributed by atoms with Gasteiger partial charge in [-0.3, -0.25) is 0 Å². The number of aliphatic carboxylic acids is 1. The van der Waals surface area contributed by atoms with Crippen molar-refractivity contribution in [3.63, 3.8) is 0 Å². The Bertz CT molecular complexity index is 218. The number of rotatable bonds is 8. The topological polar surface area (TPSA) is 116 Å². The molecule has 0 rings (SSSR count). The number of aliphatic hydroxyl groups is 3. The van der Waals surface area contributed by atoms with Crippen LogP contribution in [0.1, 0.15) is 27.7 Å². The van der Waals surface area contributed by atoms with E-state index in [1.165, 1.54) is 6.92 Å². The molecule has 19 heavy (non-hydrogen) atoms. The van der Waals surface area contributed by atoms with Crippen LogP contribution in [0.5, 0.6) is 0 Å². The molecule has 0 bridgehead atoms. The Morgan fingerprint density at radius 3 is 1.74 bits per heavy atom. The van der Waals surface area contributed by atoms with Crippen LogP contribution in [0.15, 0.2) is 0 Å². The lowest BCUT2D eigenvalue weighted by atomic mass is 10.4. The van der Waals surface area contributed by atoms with Gasteiger partial charge in [-0.2, -0.15) is 0 Å². The van der Waals surface area contributed by atoms with Gasteiger partial charge >= 0.3 is 5.97 Å². The molecule has 0 heterocycles. The second kappa shape index (κ2) is 12.3. The van der Waals surface area contributed by atoms with E-state index in [0.717, 1.165) is 0 Å². The van der Waals surface area contributed by atoms with Gasteiger partial charge in [0.25, 0.3) is 0 Å².